The number of amides is 1. The van der Waals surface area contributed by atoms with Crippen molar-refractivity contribution in [3.05, 3.63) is 97.0 Å². The number of nitrogens with zero attached hydrogens (tertiary/aromatic N) is 2. The number of carboxylic acids is 1. The maximum Gasteiger partial charge on any atom is 0.335 e. The highest BCUT2D eigenvalue weighted by Crippen LogP contribution is 2.22. The van der Waals surface area contributed by atoms with Crippen LogP contribution in [0.1, 0.15) is 44.1 Å². The van der Waals surface area contributed by atoms with Crippen molar-refractivity contribution in [2.24, 2.45) is 0 Å². The summed E-state index contributed by atoms with van der Waals surface area (Å²) in [7, 11) is 3.90. The topological polar surface area (TPSA) is 124 Å². The van der Waals surface area contributed by atoms with Gasteiger partial charge in [0.15, 0.2) is 0 Å². The third kappa shape index (κ3) is 4.87. The Morgan fingerprint density at radius 1 is 1.09 bits per heavy atom. The summed E-state index contributed by atoms with van der Waals surface area (Å²) in [5.74, 6) is -1.40. The minimum atomic E-state index is -1.06. The third-order valence-corrected chi connectivity index (χ3v) is 6.83. The number of thiophene rings is 1. The lowest BCUT2D eigenvalue weighted by Crippen LogP contribution is -2.37. The predicted octanol–water partition coefficient (Wildman–Crippen LogP) is 3.05. The number of hydrogen-bond donors (Lipinski definition) is 3. The fraction of sp³-hybridized carbons (Fsp3) is 0.200. The van der Waals surface area contributed by atoms with Crippen molar-refractivity contribution in [3.63, 3.8) is 0 Å². The van der Waals surface area contributed by atoms with E-state index in [2.05, 4.69) is 10.3 Å². The first kappa shape index (κ1) is 24.0. The number of anilines is 1. The van der Waals surface area contributed by atoms with Crippen LogP contribution in [-0.2, 0) is 6.54 Å². The molecule has 180 valence electrons. The van der Waals surface area contributed by atoms with Gasteiger partial charge in [-0.05, 0) is 48.4 Å². The number of rotatable bonds is 7. The first-order chi connectivity index (χ1) is 16.7. The van der Waals surface area contributed by atoms with Gasteiger partial charge in [0.2, 0.25) is 0 Å². The standard InChI is InChI=1S/C25H24N4O5S/c1-14(16-6-8-17(9-7-16)24(32)33)29-23(31)19-12-20(35-22(19)27-25(29)34)21(30)26-13-15-4-10-18(11-5-15)28(2)3/h4-12,14H,13H2,1-3H3,(H,26,30)(H,27,34)(H,32,33). The average molecular weight is 493 g/mol. The molecule has 1 amide bonds. The SMILES string of the molecule is CC(c1ccc(C(=O)O)cc1)n1c(=O)[nH]c2sc(C(=O)NCc3ccc(N(C)C)cc3)cc2c1=O. The van der Waals surface area contributed by atoms with E-state index >= 15 is 0 Å². The van der Waals surface area contributed by atoms with E-state index in [9.17, 15) is 19.2 Å². The molecule has 2 aromatic heterocycles. The number of carboxylic acid groups (broad SMARTS) is 1. The van der Waals surface area contributed by atoms with E-state index in [0.29, 0.717) is 21.8 Å². The van der Waals surface area contributed by atoms with Crippen LogP contribution in [0.15, 0.2) is 64.2 Å². The third-order valence-electron chi connectivity index (χ3n) is 5.78. The van der Waals surface area contributed by atoms with E-state index in [4.69, 9.17) is 5.11 Å². The molecule has 0 aliphatic carbocycles. The summed E-state index contributed by atoms with van der Waals surface area (Å²) >= 11 is 1.04. The molecule has 1 unspecified atom stereocenters. The number of aromatic carboxylic acids is 1. The quantitative estimate of drug-likeness (QED) is 0.364. The minimum Gasteiger partial charge on any atom is -0.478 e. The summed E-state index contributed by atoms with van der Waals surface area (Å²) in [4.78, 5) is 55.0. The van der Waals surface area contributed by atoms with E-state index < -0.39 is 23.3 Å². The van der Waals surface area contributed by atoms with E-state index in [0.717, 1.165) is 27.2 Å². The summed E-state index contributed by atoms with van der Waals surface area (Å²) in [5, 5.41) is 12.2. The van der Waals surface area contributed by atoms with Crippen molar-refractivity contribution in [1.82, 2.24) is 14.9 Å². The molecule has 0 aliphatic heterocycles. The zero-order valence-corrected chi connectivity index (χ0v) is 20.2. The molecule has 4 rings (SSSR count). The molecular weight excluding hydrogens is 468 g/mol. The van der Waals surface area contributed by atoms with Crippen LogP contribution >= 0.6 is 11.3 Å². The lowest BCUT2D eigenvalue weighted by Gasteiger charge is -2.14. The Morgan fingerprint density at radius 3 is 2.34 bits per heavy atom. The molecule has 0 saturated carbocycles. The minimum absolute atomic E-state index is 0.111. The highest BCUT2D eigenvalue weighted by atomic mass is 32.1. The maximum atomic E-state index is 13.2. The zero-order valence-electron chi connectivity index (χ0n) is 19.4. The number of fused-ring (bicyclic) bond motifs is 1. The normalized spacial score (nSPS) is 11.9. The van der Waals surface area contributed by atoms with Gasteiger partial charge in [-0.1, -0.05) is 24.3 Å². The van der Waals surface area contributed by atoms with Crippen LogP contribution in [0.4, 0.5) is 5.69 Å². The van der Waals surface area contributed by atoms with Crippen molar-refractivity contribution >= 4 is 39.1 Å². The molecule has 2 heterocycles. The molecule has 35 heavy (non-hydrogen) atoms. The second-order valence-electron chi connectivity index (χ2n) is 8.31. The van der Waals surface area contributed by atoms with Crippen LogP contribution in [0.25, 0.3) is 10.2 Å². The number of nitrogens with one attached hydrogen (secondary N) is 2. The summed E-state index contributed by atoms with van der Waals surface area (Å²) in [6.45, 7) is 2.00. The Bertz CT molecular complexity index is 1510. The van der Waals surface area contributed by atoms with Crippen LogP contribution in [0.5, 0.6) is 0 Å². The summed E-state index contributed by atoms with van der Waals surface area (Å²) in [5.41, 5.74) is 1.58. The zero-order chi connectivity index (χ0) is 25.3. The van der Waals surface area contributed by atoms with E-state index in [-0.39, 0.29) is 16.9 Å². The fourth-order valence-electron chi connectivity index (χ4n) is 3.72. The second kappa shape index (κ2) is 9.59. The van der Waals surface area contributed by atoms with Gasteiger partial charge in [-0.2, -0.15) is 0 Å². The monoisotopic (exact) mass is 492 g/mol. The van der Waals surface area contributed by atoms with Gasteiger partial charge in [0.05, 0.1) is 21.9 Å². The van der Waals surface area contributed by atoms with Crippen molar-refractivity contribution < 1.29 is 14.7 Å². The molecule has 2 aromatic carbocycles. The fourth-order valence-corrected chi connectivity index (χ4v) is 4.68. The average Bonchev–Trinajstić information content (AvgIpc) is 3.27. The van der Waals surface area contributed by atoms with Gasteiger partial charge >= 0.3 is 11.7 Å². The smallest absolute Gasteiger partial charge is 0.335 e. The predicted molar refractivity (Wildman–Crippen MR) is 136 cm³/mol. The molecule has 4 aromatic rings. The van der Waals surface area contributed by atoms with E-state index in [1.165, 1.54) is 18.2 Å². The molecule has 0 radical (unpaired) electrons. The largest absolute Gasteiger partial charge is 0.478 e. The lowest BCUT2D eigenvalue weighted by atomic mass is 10.1. The Hall–Kier alpha value is -4.18. The molecule has 0 saturated heterocycles. The highest BCUT2D eigenvalue weighted by molar-refractivity contribution is 7.20. The number of carbonyl (C=O) groups is 2. The summed E-state index contributed by atoms with van der Waals surface area (Å²) in [6, 6.07) is 14.6. The summed E-state index contributed by atoms with van der Waals surface area (Å²) < 4.78 is 1.07. The molecule has 0 spiro atoms. The van der Waals surface area contributed by atoms with Crippen LogP contribution < -0.4 is 21.5 Å². The number of benzene rings is 2. The van der Waals surface area contributed by atoms with Gasteiger partial charge in [-0.15, -0.1) is 11.3 Å². The molecule has 10 heteroatoms. The maximum absolute atomic E-state index is 13.2. The van der Waals surface area contributed by atoms with Crippen molar-refractivity contribution in [3.8, 4) is 0 Å². The first-order valence-corrected chi connectivity index (χ1v) is 11.6. The van der Waals surface area contributed by atoms with Gasteiger partial charge in [-0.3, -0.25) is 19.1 Å². The van der Waals surface area contributed by atoms with Crippen molar-refractivity contribution in [1.29, 1.82) is 0 Å². The lowest BCUT2D eigenvalue weighted by molar-refractivity contribution is 0.0696. The molecule has 0 fully saturated rings. The van der Waals surface area contributed by atoms with Gasteiger partial charge in [0, 0.05) is 26.3 Å². The number of aromatic nitrogens is 2. The van der Waals surface area contributed by atoms with Crippen molar-refractivity contribution in [2.75, 3.05) is 19.0 Å². The van der Waals surface area contributed by atoms with Gasteiger partial charge in [0.1, 0.15) is 4.83 Å². The first-order valence-electron chi connectivity index (χ1n) is 10.8. The van der Waals surface area contributed by atoms with E-state index in [1.54, 1.807) is 19.1 Å². The molecule has 1 atom stereocenters. The van der Waals surface area contributed by atoms with Crippen LogP contribution in [0.2, 0.25) is 0 Å². The summed E-state index contributed by atoms with van der Waals surface area (Å²) in [6.07, 6.45) is 0. The van der Waals surface area contributed by atoms with Crippen molar-refractivity contribution in [2.45, 2.75) is 19.5 Å². The number of hydrogen-bond acceptors (Lipinski definition) is 6. The van der Waals surface area contributed by atoms with E-state index in [1.807, 2.05) is 43.3 Å². The Labute approximate surface area is 204 Å². The number of aromatic amines is 1. The Morgan fingerprint density at radius 2 is 1.74 bits per heavy atom. The van der Waals surface area contributed by atoms with Crippen LogP contribution in [0, 0.1) is 0 Å². The Kier molecular flexibility index (Phi) is 6.57. The van der Waals surface area contributed by atoms with Crippen LogP contribution in [0.3, 0.4) is 0 Å². The number of carbonyl (C=O) groups excluding carboxylic acids is 1. The second-order valence-corrected chi connectivity index (χ2v) is 9.36. The Balaban J connectivity index is 1.57. The van der Waals surface area contributed by atoms with Gasteiger partial charge in [-0.25, -0.2) is 9.59 Å². The molecular formula is C25H24N4O5S. The number of H-pyrrole nitrogens is 1. The van der Waals surface area contributed by atoms with Gasteiger partial charge < -0.3 is 15.3 Å². The molecule has 0 bridgehead atoms. The molecule has 9 nitrogen and oxygen atoms in total. The molecule has 3 N–H and O–H groups in total. The van der Waals surface area contributed by atoms with Gasteiger partial charge in [0.25, 0.3) is 11.5 Å². The highest BCUT2D eigenvalue weighted by Gasteiger charge is 2.19. The molecule has 0 aliphatic rings. The van der Waals surface area contributed by atoms with Crippen LogP contribution in [-0.4, -0.2) is 40.6 Å².